The maximum absolute atomic E-state index is 13.0. The summed E-state index contributed by atoms with van der Waals surface area (Å²) in [5.41, 5.74) is 0.602. The largest absolute Gasteiger partial charge is 0.486 e. The number of benzene rings is 2. The van der Waals surface area contributed by atoms with Gasteiger partial charge in [0, 0.05) is 18.0 Å². The maximum atomic E-state index is 13.0. The molecule has 144 valence electrons. The summed E-state index contributed by atoms with van der Waals surface area (Å²) < 4.78 is 24.8. The van der Waals surface area contributed by atoms with Crippen LogP contribution in [0, 0.1) is 11.7 Å². The number of para-hydroxylation sites is 2. The molecule has 4 rings (SSSR count). The Hall–Kier alpha value is -2.11. The van der Waals surface area contributed by atoms with Crippen LogP contribution in [0.25, 0.3) is 0 Å². The van der Waals surface area contributed by atoms with Crippen molar-refractivity contribution >= 4 is 18.2 Å². The Kier molecular flexibility index (Phi) is 6.34. The van der Waals surface area contributed by atoms with Crippen LogP contribution < -0.4 is 9.47 Å². The van der Waals surface area contributed by atoms with Crippen LogP contribution in [0.4, 0.5) is 4.39 Å². The number of hydrogen-bond acceptors (Lipinski definition) is 4. The highest BCUT2D eigenvalue weighted by atomic mass is 35.5. The van der Waals surface area contributed by atoms with E-state index in [1.54, 1.807) is 12.1 Å². The molecule has 1 saturated heterocycles. The molecule has 27 heavy (non-hydrogen) atoms. The van der Waals surface area contributed by atoms with Crippen molar-refractivity contribution in [1.29, 1.82) is 0 Å². The lowest BCUT2D eigenvalue weighted by Gasteiger charge is -2.35. The molecule has 2 aromatic rings. The van der Waals surface area contributed by atoms with Gasteiger partial charge in [0.15, 0.2) is 17.3 Å². The highest BCUT2D eigenvalue weighted by Crippen LogP contribution is 2.31. The van der Waals surface area contributed by atoms with Gasteiger partial charge in [-0.2, -0.15) is 0 Å². The topological polar surface area (TPSA) is 38.8 Å². The molecule has 0 aromatic heterocycles. The van der Waals surface area contributed by atoms with Crippen LogP contribution in [0.3, 0.4) is 0 Å². The van der Waals surface area contributed by atoms with Crippen molar-refractivity contribution in [2.24, 2.45) is 5.92 Å². The number of hydrogen-bond donors (Lipinski definition) is 0. The highest BCUT2D eigenvalue weighted by Gasteiger charge is 2.29. The minimum Gasteiger partial charge on any atom is -0.486 e. The Balaban J connectivity index is 0.00000210. The third kappa shape index (κ3) is 4.60. The number of fused-ring (bicyclic) bond motifs is 1. The van der Waals surface area contributed by atoms with E-state index in [9.17, 15) is 9.18 Å². The number of likely N-dealkylation sites (tertiary alicyclic amines) is 1. The quantitative estimate of drug-likeness (QED) is 0.739. The predicted molar refractivity (Wildman–Crippen MR) is 103 cm³/mol. The first-order valence-corrected chi connectivity index (χ1v) is 9.09. The van der Waals surface area contributed by atoms with Gasteiger partial charge in [-0.1, -0.05) is 12.1 Å². The molecule has 2 heterocycles. The fourth-order valence-corrected chi connectivity index (χ4v) is 3.67. The van der Waals surface area contributed by atoms with Gasteiger partial charge in [0.05, 0.1) is 0 Å². The summed E-state index contributed by atoms with van der Waals surface area (Å²) in [6.07, 6.45) is 1.65. The lowest BCUT2D eigenvalue weighted by atomic mass is 9.89. The number of nitrogens with zero attached hydrogens (tertiary/aromatic N) is 1. The van der Waals surface area contributed by atoms with Gasteiger partial charge in [0.2, 0.25) is 0 Å². The molecule has 2 aromatic carbocycles. The number of ether oxygens (including phenoxy) is 2. The number of piperidine rings is 1. The summed E-state index contributed by atoms with van der Waals surface area (Å²) >= 11 is 0. The predicted octanol–water partition coefficient (Wildman–Crippen LogP) is 3.98. The van der Waals surface area contributed by atoms with Crippen molar-refractivity contribution in [2.45, 2.75) is 18.9 Å². The van der Waals surface area contributed by atoms with Gasteiger partial charge < -0.3 is 9.47 Å². The number of carbonyl (C=O) groups is 1. The van der Waals surface area contributed by atoms with E-state index in [2.05, 4.69) is 4.90 Å². The lowest BCUT2D eigenvalue weighted by molar-refractivity contribution is 0.0462. The molecule has 0 aliphatic carbocycles. The van der Waals surface area contributed by atoms with Gasteiger partial charge in [0.25, 0.3) is 0 Å². The highest BCUT2D eigenvalue weighted by molar-refractivity contribution is 5.97. The van der Waals surface area contributed by atoms with E-state index in [-0.39, 0.29) is 36.0 Å². The van der Waals surface area contributed by atoms with E-state index >= 15 is 0 Å². The van der Waals surface area contributed by atoms with Gasteiger partial charge in [-0.3, -0.25) is 9.69 Å². The van der Waals surface area contributed by atoms with E-state index in [0.29, 0.717) is 12.2 Å². The van der Waals surface area contributed by atoms with E-state index in [1.807, 2.05) is 24.3 Å². The Bertz CT molecular complexity index is 775. The van der Waals surface area contributed by atoms with Crippen LogP contribution in [0.1, 0.15) is 23.2 Å². The number of ketones is 1. The van der Waals surface area contributed by atoms with E-state index in [1.165, 1.54) is 12.1 Å². The lowest BCUT2D eigenvalue weighted by Crippen LogP contribution is -2.45. The van der Waals surface area contributed by atoms with Crippen molar-refractivity contribution in [3.8, 4) is 11.5 Å². The molecule has 0 radical (unpaired) electrons. The maximum Gasteiger partial charge on any atom is 0.166 e. The van der Waals surface area contributed by atoms with Gasteiger partial charge >= 0.3 is 0 Å². The zero-order valence-electron chi connectivity index (χ0n) is 15.0. The van der Waals surface area contributed by atoms with Crippen molar-refractivity contribution < 1.29 is 18.7 Å². The minimum atomic E-state index is -0.312. The van der Waals surface area contributed by atoms with Crippen LogP contribution in [-0.4, -0.2) is 43.0 Å². The van der Waals surface area contributed by atoms with Gasteiger partial charge in [-0.15, -0.1) is 12.4 Å². The van der Waals surface area contributed by atoms with Crippen LogP contribution in [0.5, 0.6) is 11.5 Å². The molecular formula is C21H23ClFNO3. The van der Waals surface area contributed by atoms with E-state index in [0.717, 1.165) is 44.0 Å². The first-order chi connectivity index (χ1) is 12.7. The molecule has 1 unspecified atom stereocenters. The summed E-state index contributed by atoms with van der Waals surface area (Å²) in [5.74, 6) is 1.42. The Morgan fingerprint density at radius 3 is 2.41 bits per heavy atom. The van der Waals surface area contributed by atoms with Crippen molar-refractivity contribution in [2.75, 3.05) is 26.2 Å². The Labute approximate surface area is 164 Å². The SMILES string of the molecule is Cl.O=C(c1ccc(F)cc1)C1CCN(CC2COc3ccccc3O2)CC1. The zero-order chi connectivity index (χ0) is 17.9. The third-order valence-electron chi connectivity index (χ3n) is 5.12. The summed E-state index contributed by atoms with van der Waals surface area (Å²) in [4.78, 5) is 14.9. The molecule has 0 N–H and O–H groups in total. The van der Waals surface area contributed by atoms with Gasteiger partial charge in [-0.25, -0.2) is 4.39 Å². The molecule has 2 aliphatic heterocycles. The third-order valence-corrected chi connectivity index (χ3v) is 5.12. The number of halogens is 2. The molecule has 0 spiro atoms. The Morgan fingerprint density at radius 2 is 1.70 bits per heavy atom. The molecule has 6 heteroatoms. The van der Waals surface area contributed by atoms with Crippen molar-refractivity contribution in [1.82, 2.24) is 4.90 Å². The monoisotopic (exact) mass is 391 g/mol. The summed E-state index contributed by atoms with van der Waals surface area (Å²) in [5, 5.41) is 0. The summed E-state index contributed by atoms with van der Waals surface area (Å²) in [6.45, 7) is 3.06. The molecule has 1 fully saturated rings. The van der Waals surface area contributed by atoms with E-state index < -0.39 is 0 Å². The normalized spacial score (nSPS) is 20.0. The van der Waals surface area contributed by atoms with Gasteiger partial charge in [-0.05, 0) is 62.3 Å². The fraction of sp³-hybridized carbons (Fsp3) is 0.381. The van der Waals surface area contributed by atoms with E-state index in [4.69, 9.17) is 9.47 Å². The molecular weight excluding hydrogens is 369 g/mol. The molecule has 1 atom stereocenters. The first kappa shape index (κ1) is 19.6. The first-order valence-electron chi connectivity index (χ1n) is 9.09. The molecule has 0 saturated carbocycles. The van der Waals surface area contributed by atoms with Gasteiger partial charge in [0.1, 0.15) is 18.5 Å². The second-order valence-electron chi connectivity index (χ2n) is 6.94. The van der Waals surface area contributed by atoms with Crippen LogP contribution in [-0.2, 0) is 0 Å². The van der Waals surface area contributed by atoms with Crippen molar-refractivity contribution in [3.05, 3.63) is 59.9 Å². The average Bonchev–Trinajstić information content (AvgIpc) is 2.68. The molecule has 2 aliphatic rings. The summed E-state index contributed by atoms with van der Waals surface area (Å²) in [6, 6.07) is 13.6. The Morgan fingerprint density at radius 1 is 1.04 bits per heavy atom. The standard InChI is InChI=1S/C21H22FNO3.ClH/c22-17-7-5-15(6-8-17)21(24)16-9-11-23(12-10-16)13-18-14-25-19-3-1-2-4-20(19)26-18;/h1-8,16,18H,9-14H2;1H. The smallest absolute Gasteiger partial charge is 0.166 e. The van der Waals surface area contributed by atoms with Crippen molar-refractivity contribution in [3.63, 3.8) is 0 Å². The fourth-order valence-electron chi connectivity index (χ4n) is 3.67. The minimum absolute atomic E-state index is 0. The number of rotatable bonds is 4. The second-order valence-corrected chi connectivity index (χ2v) is 6.94. The number of Topliss-reactive ketones (excluding diaryl/α,β-unsaturated/α-hetero) is 1. The number of carbonyl (C=O) groups excluding carboxylic acids is 1. The zero-order valence-corrected chi connectivity index (χ0v) is 15.8. The van der Waals surface area contributed by atoms with Crippen LogP contribution in [0.2, 0.25) is 0 Å². The molecule has 0 amide bonds. The molecule has 4 nitrogen and oxygen atoms in total. The second kappa shape index (κ2) is 8.72. The van der Waals surface area contributed by atoms with Crippen LogP contribution in [0.15, 0.2) is 48.5 Å². The van der Waals surface area contributed by atoms with Crippen LogP contribution >= 0.6 is 12.4 Å². The molecule has 0 bridgehead atoms. The average molecular weight is 392 g/mol. The summed E-state index contributed by atoms with van der Waals surface area (Å²) in [7, 11) is 0.